The van der Waals surface area contributed by atoms with Gasteiger partial charge in [-0.25, -0.2) is 0 Å². The fourth-order valence-electron chi connectivity index (χ4n) is 2.92. The number of hydrogen-bond acceptors (Lipinski definition) is 3. The molecule has 1 aliphatic heterocycles. The molecule has 0 saturated carbocycles. The fraction of sp³-hybridized carbons (Fsp3) is 0.250. The summed E-state index contributed by atoms with van der Waals surface area (Å²) in [5, 5.41) is 2.84. The molecular formula is C20H19BrN2O3. The Kier molecular flexibility index (Phi) is 4.96. The third-order valence-electron chi connectivity index (χ3n) is 4.22. The number of fused-ring (bicyclic) bond motifs is 1. The molecular weight excluding hydrogens is 396 g/mol. The monoisotopic (exact) mass is 414 g/mol. The number of amides is 3. The molecule has 6 heteroatoms. The van der Waals surface area contributed by atoms with Crippen molar-refractivity contribution in [2.75, 3.05) is 11.9 Å². The maximum atomic E-state index is 12.6. The van der Waals surface area contributed by atoms with Crippen molar-refractivity contribution in [2.45, 2.75) is 20.8 Å². The van der Waals surface area contributed by atoms with Crippen molar-refractivity contribution in [3.63, 3.8) is 0 Å². The largest absolute Gasteiger partial charge is 0.322 e. The minimum atomic E-state index is -0.340. The van der Waals surface area contributed by atoms with E-state index in [1.165, 1.54) is 11.0 Å². The van der Waals surface area contributed by atoms with E-state index in [4.69, 9.17) is 0 Å². The first kappa shape index (κ1) is 18.3. The van der Waals surface area contributed by atoms with Crippen molar-refractivity contribution >= 4 is 39.3 Å². The maximum absolute atomic E-state index is 12.6. The Morgan fingerprint density at radius 1 is 1.08 bits per heavy atom. The van der Waals surface area contributed by atoms with Crippen molar-refractivity contribution in [3.05, 3.63) is 63.1 Å². The molecule has 26 heavy (non-hydrogen) atoms. The lowest BCUT2D eigenvalue weighted by Crippen LogP contribution is -2.33. The quantitative estimate of drug-likeness (QED) is 0.759. The molecule has 1 N–H and O–H groups in total. The van der Waals surface area contributed by atoms with Crippen molar-refractivity contribution in [2.24, 2.45) is 5.92 Å². The Labute approximate surface area is 160 Å². The first-order chi connectivity index (χ1) is 12.3. The number of rotatable bonds is 4. The van der Waals surface area contributed by atoms with Gasteiger partial charge in [0.05, 0.1) is 11.1 Å². The number of carbonyl (C=O) groups excluding carboxylic acids is 3. The lowest BCUT2D eigenvalue weighted by atomic mass is 10.0. The van der Waals surface area contributed by atoms with Crippen molar-refractivity contribution in [1.82, 2.24) is 4.90 Å². The van der Waals surface area contributed by atoms with Crippen LogP contribution in [0.3, 0.4) is 0 Å². The zero-order valence-electron chi connectivity index (χ0n) is 14.8. The number of nitrogens with one attached hydrogen (secondary N) is 1. The van der Waals surface area contributed by atoms with Crippen LogP contribution in [0.5, 0.6) is 0 Å². The number of carbonyl (C=O) groups is 3. The van der Waals surface area contributed by atoms with Gasteiger partial charge < -0.3 is 5.32 Å². The smallest absolute Gasteiger partial charge is 0.261 e. The van der Waals surface area contributed by atoms with E-state index >= 15 is 0 Å². The van der Waals surface area contributed by atoms with Crippen LogP contribution in [0.25, 0.3) is 0 Å². The Balaban J connectivity index is 1.86. The number of benzene rings is 2. The number of imide groups is 1. The Morgan fingerprint density at radius 3 is 2.42 bits per heavy atom. The van der Waals surface area contributed by atoms with Gasteiger partial charge in [0.15, 0.2) is 0 Å². The second kappa shape index (κ2) is 7.03. The van der Waals surface area contributed by atoms with Crippen LogP contribution in [-0.2, 0) is 0 Å². The molecule has 5 nitrogen and oxygen atoms in total. The van der Waals surface area contributed by atoms with E-state index in [-0.39, 0.29) is 29.2 Å². The average Bonchev–Trinajstić information content (AvgIpc) is 2.81. The standard InChI is InChI=1S/C20H19BrN2O3/c1-11(2)10-23-19(25)15-6-4-13(9-16(15)20(23)26)18(24)22-17-7-5-14(21)8-12(17)3/h4-9,11H,10H2,1-3H3,(H,22,24). The molecule has 0 spiro atoms. The molecule has 3 amide bonds. The molecule has 1 heterocycles. The molecule has 0 bridgehead atoms. The van der Waals surface area contributed by atoms with Crippen LogP contribution in [0.15, 0.2) is 40.9 Å². The van der Waals surface area contributed by atoms with Gasteiger partial charge in [0.1, 0.15) is 0 Å². The third-order valence-corrected chi connectivity index (χ3v) is 4.71. The van der Waals surface area contributed by atoms with E-state index in [1.807, 2.05) is 39.0 Å². The summed E-state index contributed by atoms with van der Waals surface area (Å²) in [5.41, 5.74) is 2.60. The second-order valence-corrected chi connectivity index (χ2v) is 7.70. The van der Waals surface area contributed by atoms with Gasteiger partial charge in [-0.15, -0.1) is 0 Å². The molecule has 1 aliphatic rings. The topological polar surface area (TPSA) is 66.5 Å². The SMILES string of the molecule is Cc1cc(Br)ccc1NC(=O)c1ccc2c(c1)C(=O)N(CC(C)C)C2=O. The summed E-state index contributed by atoms with van der Waals surface area (Å²) in [6.45, 7) is 6.16. The van der Waals surface area contributed by atoms with Gasteiger partial charge in [0.25, 0.3) is 17.7 Å². The fourth-order valence-corrected chi connectivity index (χ4v) is 3.40. The lowest BCUT2D eigenvalue weighted by Gasteiger charge is -2.15. The first-order valence-electron chi connectivity index (χ1n) is 8.35. The lowest BCUT2D eigenvalue weighted by molar-refractivity contribution is 0.0636. The number of nitrogens with zero attached hydrogens (tertiary/aromatic N) is 1. The van der Waals surface area contributed by atoms with E-state index < -0.39 is 0 Å². The predicted molar refractivity (Wildman–Crippen MR) is 103 cm³/mol. The van der Waals surface area contributed by atoms with E-state index in [0.29, 0.717) is 23.4 Å². The highest BCUT2D eigenvalue weighted by Crippen LogP contribution is 2.26. The molecule has 2 aromatic rings. The van der Waals surface area contributed by atoms with Gasteiger partial charge in [-0.05, 0) is 54.8 Å². The minimum absolute atomic E-state index is 0.181. The molecule has 2 aromatic carbocycles. The normalized spacial score (nSPS) is 13.3. The zero-order valence-corrected chi connectivity index (χ0v) is 16.4. The molecule has 0 fully saturated rings. The van der Waals surface area contributed by atoms with Gasteiger partial charge >= 0.3 is 0 Å². The Bertz CT molecular complexity index is 921. The number of hydrogen-bond donors (Lipinski definition) is 1. The third kappa shape index (κ3) is 3.42. The second-order valence-electron chi connectivity index (χ2n) is 6.79. The van der Waals surface area contributed by atoms with Crippen LogP contribution in [0, 0.1) is 12.8 Å². The molecule has 3 rings (SSSR count). The minimum Gasteiger partial charge on any atom is -0.322 e. The van der Waals surface area contributed by atoms with E-state index in [2.05, 4.69) is 21.2 Å². The van der Waals surface area contributed by atoms with Gasteiger partial charge in [0, 0.05) is 22.3 Å². The van der Waals surface area contributed by atoms with Crippen molar-refractivity contribution < 1.29 is 14.4 Å². The van der Waals surface area contributed by atoms with Crippen LogP contribution in [0.1, 0.15) is 50.5 Å². The summed E-state index contributed by atoms with van der Waals surface area (Å²) in [6.07, 6.45) is 0. The number of halogens is 1. The molecule has 0 saturated heterocycles. The summed E-state index contributed by atoms with van der Waals surface area (Å²) in [4.78, 5) is 38.7. The molecule has 0 radical (unpaired) electrons. The van der Waals surface area contributed by atoms with Crippen molar-refractivity contribution in [3.8, 4) is 0 Å². The van der Waals surface area contributed by atoms with Gasteiger partial charge in [-0.1, -0.05) is 29.8 Å². The Morgan fingerprint density at radius 2 is 1.77 bits per heavy atom. The zero-order chi connectivity index (χ0) is 19.0. The summed E-state index contributed by atoms with van der Waals surface area (Å²) < 4.78 is 0.930. The highest BCUT2D eigenvalue weighted by Gasteiger charge is 2.36. The Hall–Kier alpha value is -2.47. The average molecular weight is 415 g/mol. The predicted octanol–water partition coefficient (Wildman–Crippen LogP) is 4.26. The molecule has 0 aromatic heterocycles. The summed E-state index contributed by atoms with van der Waals surface area (Å²) in [7, 11) is 0. The molecule has 0 atom stereocenters. The van der Waals surface area contributed by atoms with Crippen molar-refractivity contribution in [1.29, 1.82) is 0 Å². The van der Waals surface area contributed by atoms with Crippen LogP contribution in [0.4, 0.5) is 5.69 Å². The van der Waals surface area contributed by atoms with Gasteiger partial charge in [0.2, 0.25) is 0 Å². The van der Waals surface area contributed by atoms with Crippen LogP contribution < -0.4 is 5.32 Å². The molecule has 0 aliphatic carbocycles. The van der Waals surface area contributed by atoms with Gasteiger partial charge in [-0.3, -0.25) is 19.3 Å². The maximum Gasteiger partial charge on any atom is 0.261 e. The summed E-state index contributed by atoms with van der Waals surface area (Å²) in [5.74, 6) is -0.774. The van der Waals surface area contributed by atoms with Crippen LogP contribution in [0.2, 0.25) is 0 Å². The molecule has 134 valence electrons. The first-order valence-corrected chi connectivity index (χ1v) is 9.15. The van der Waals surface area contributed by atoms with E-state index in [1.54, 1.807) is 12.1 Å². The van der Waals surface area contributed by atoms with Gasteiger partial charge in [-0.2, -0.15) is 0 Å². The van der Waals surface area contributed by atoms with E-state index in [0.717, 1.165) is 10.0 Å². The summed E-state index contributed by atoms with van der Waals surface area (Å²) in [6, 6.07) is 10.2. The van der Waals surface area contributed by atoms with Crippen LogP contribution >= 0.6 is 15.9 Å². The highest BCUT2D eigenvalue weighted by molar-refractivity contribution is 9.10. The number of aryl methyl sites for hydroxylation is 1. The number of anilines is 1. The molecule has 0 unspecified atom stereocenters. The summed E-state index contributed by atoms with van der Waals surface area (Å²) >= 11 is 3.39. The van der Waals surface area contributed by atoms with Crippen LogP contribution in [-0.4, -0.2) is 29.2 Å². The highest BCUT2D eigenvalue weighted by atomic mass is 79.9. The van der Waals surface area contributed by atoms with E-state index in [9.17, 15) is 14.4 Å².